The summed E-state index contributed by atoms with van der Waals surface area (Å²) in [7, 11) is -3.91. The standard InChI is InChI=1S/C21H21N3O4S2/c1-29-15-6-4-5-14(11-15)23-30(27,28)16-7-8-19-17(12-16)20(25)18(13-22-19)21(26)24-9-2-3-10-24/h4-8,11-13,18,23H,2-3,9-10H2,1H3. The van der Waals surface area contributed by atoms with Crippen molar-refractivity contribution in [2.45, 2.75) is 22.6 Å². The Morgan fingerprint density at radius 2 is 1.93 bits per heavy atom. The van der Waals surface area contributed by atoms with Crippen molar-refractivity contribution in [2.75, 3.05) is 24.1 Å². The number of benzene rings is 2. The number of sulfonamides is 1. The van der Waals surface area contributed by atoms with E-state index < -0.39 is 21.7 Å². The third-order valence-corrected chi connectivity index (χ3v) is 7.30. The van der Waals surface area contributed by atoms with Gasteiger partial charge in [0.1, 0.15) is 5.92 Å². The fourth-order valence-corrected chi connectivity index (χ4v) is 5.13. The molecule has 4 rings (SSSR count). The van der Waals surface area contributed by atoms with Gasteiger partial charge in [-0.1, -0.05) is 6.07 Å². The molecule has 0 aliphatic carbocycles. The van der Waals surface area contributed by atoms with Crippen LogP contribution in [0.5, 0.6) is 0 Å². The number of ketones is 1. The summed E-state index contributed by atoms with van der Waals surface area (Å²) in [6.45, 7) is 1.27. The Bertz CT molecular complexity index is 1140. The lowest BCUT2D eigenvalue weighted by atomic mass is 9.93. The molecule has 2 aromatic carbocycles. The number of rotatable bonds is 5. The fourth-order valence-electron chi connectivity index (χ4n) is 3.59. The van der Waals surface area contributed by atoms with Crippen LogP contribution in [0.2, 0.25) is 0 Å². The largest absolute Gasteiger partial charge is 0.342 e. The number of aliphatic imine (C=N–C) groups is 1. The topological polar surface area (TPSA) is 95.9 Å². The molecule has 2 aliphatic heterocycles. The van der Waals surface area contributed by atoms with Gasteiger partial charge in [0, 0.05) is 35.5 Å². The number of nitrogens with zero attached hydrogens (tertiary/aromatic N) is 2. The molecule has 0 saturated carbocycles. The Morgan fingerprint density at radius 3 is 2.67 bits per heavy atom. The van der Waals surface area contributed by atoms with Crippen LogP contribution in [-0.2, 0) is 14.8 Å². The van der Waals surface area contributed by atoms with Crippen LogP contribution in [0.15, 0.2) is 57.2 Å². The maximum Gasteiger partial charge on any atom is 0.261 e. The summed E-state index contributed by atoms with van der Waals surface area (Å²) in [5.41, 5.74) is 0.954. The molecule has 1 amide bonds. The summed E-state index contributed by atoms with van der Waals surface area (Å²) in [5.74, 6) is -1.69. The fraction of sp³-hybridized carbons (Fsp3) is 0.286. The first kappa shape index (κ1) is 20.6. The minimum atomic E-state index is -3.91. The van der Waals surface area contributed by atoms with Crippen molar-refractivity contribution >= 4 is 51.1 Å². The maximum atomic E-state index is 13.0. The van der Waals surface area contributed by atoms with E-state index in [-0.39, 0.29) is 16.4 Å². The van der Waals surface area contributed by atoms with Crippen molar-refractivity contribution in [2.24, 2.45) is 10.9 Å². The van der Waals surface area contributed by atoms with E-state index >= 15 is 0 Å². The van der Waals surface area contributed by atoms with Crippen LogP contribution in [0.3, 0.4) is 0 Å². The van der Waals surface area contributed by atoms with Crippen LogP contribution in [0.4, 0.5) is 11.4 Å². The Labute approximate surface area is 179 Å². The number of hydrogen-bond donors (Lipinski definition) is 1. The lowest BCUT2D eigenvalue weighted by Crippen LogP contribution is -2.39. The van der Waals surface area contributed by atoms with E-state index in [9.17, 15) is 18.0 Å². The molecule has 1 N–H and O–H groups in total. The van der Waals surface area contributed by atoms with Gasteiger partial charge in [0.2, 0.25) is 5.91 Å². The van der Waals surface area contributed by atoms with Crippen LogP contribution in [0.25, 0.3) is 0 Å². The molecule has 0 spiro atoms. The Hall–Kier alpha value is -2.65. The quantitative estimate of drug-likeness (QED) is 0.565. The number of anilines is 1. The number of thioether (sulfide) groups is 1. The predicted octanol–water partition coefficient (Wildman–Crippen LogP) is 3.35. The summed E-state index contributed by atoms with van der Waals surface area (Å²) in [6.07, 6.45) is 5.12. The second kappa shape index (κ2) is 8.23. The lowest BCUT2D eigenvalue weighted by Gasteiger charge is -2.22. The SMILES string of the molecule is CSc1cccc(NS(=O)(=O)c2ccc3c(c2)C(=O)C(C(=O)N2CCCC2)C=N3)c1. The lowest BCUT2D eigenvalue weighted by molar-refractivity contribution is -0.130. The molecule has 2 heterocycles. The highest BCUT2D eigenvalue weighted by Crippen LogP contribution is 2.31. The molecule has 156 valence electrons. The van der Waals surface area contributed by atoms with Gasteiger partial charge in [-0.25, -0.2) is 8.42 Å². The van der Waals surface area contributed by atoms with E-state index in [1.54, 1.807) is 23.1 Å². The number of Topliss-reactive ketones (excluding diaryl/α,β-unsaturated/α-hetero) is 1. The molecule has 0 aromatic heterocycles. The van der Waals surface area contributed by atoms with Crippen LogP contribution < -0.4 is 4.72 Å². The van der Waals surface area contributed by atoms with Crippen LogP contribution in [-0.4, -0.2) is 50.6 Å². The van der Waals surface area contributed by atoms with Crippen molar-refractivity contribution < 1.29 is 18.0 Å². The summed E-state index contributed by atoms with van der Waals surface area (Å²) in [4.78, 5) is 32.4. The summed E-state index contributed by atoms with van der Waals surface area (Å²) in [6, 6.07) is 11.3. The predicted molar refractivity (Wildman–Crippen MR) is 117 cm³/mol. The van der Waals surface area contributed by atoms with E-state index in [2.05, 4.69) is 9.71 Å². The van der Waals surface area contributed by atoms with E-state index in [0.717, 1.165) is 17.7 Å². The average Bonchev–Trinajstić information content (AvgIpc) is 3.28. The van der Waals surface area contributed by atoms with Crippen LogP contribution in [0.1, 0.15) is 23.2 Å². The minimum absolute atomic E-state index is 0.0476. The number of carbonyl (C=O) groups excluding carboxylic acids is 2. The van der Waals surface area contributed by atoms with Crippen LogP contribution in [0, 0.1) is 5.92 Å². The van der Waals surface area contributed by atoms with Gasteiger partial charge < -0.3 is 4.90 Å². The molecule has 1 unspecified atom stereocenters. The number of fused-ring (bicyclic) bond motifs is 1. The van der Waals surface area contributed by atoms with Crippen molar-refractivity contribution in [1.82, 2.24) is 4.90 Å². The molecule has 0 radical (unpaired) electrons. The van der Waals surface area contributed by atoms with Gasteiger partial charge in [-0.2, -0.15) is 0 Å². The highest BCUT2D eigenvalue weighted by atomic mass is 32.2. The molecular weight excluding hydrogens is 422 g/mol. The highest BCUT2D eigenvalue weighted by molar-refractivity contribution is 7.98. The van der Waals surface area contributed by atoms with Crippen molar-refractivity contribution in [3.8, 4) is 0 Å². The minimum Gasteiger partial charge on any atom is -0.342 e. The zero-order chi connectivity index (χ0) is 21.3. The highest BCUT2D eigenvalue weighted by Gasteiger charge is 2.35. The van der Waals surface area contributed by atoms with E-state index in [1.807, 2.05) is 12.3 Å². The monoisotopic (exact) mass is 443 g/mol. The van der Waals surface area contributed by atoms with Gasteiger partial charge in [-0.05, 0) is 55.5 Å². The van der Waals surface area contributed by atoms with E-state index in [4.69, 9.17) is 0 Å². The molecule has 1 atom stereocenters. The van der Waals surface area contributed by atoms with Gasteiger partial charge in [0.05, 0.1) is 10.6 Å². The summed E-state index contributed by atoms with van der Waals surface area (Å²) < 4.78 is 28.3. The molecule has 7 nitrogen and oxygen atoms in total. The normalized spacial score (nSPS) is 18.4. The van der Waals surface area contributed by atoms with Crippen molar-refractivity contribution in [3.05, 3.63) is 48.0 Å². The Morgan fingerprint density at radius 1 is 1.17 bits per heavy atom. The number of carbonyl (C=O) groups is 2. The van der Waals surface area contributed by atoms with Crippen molar-refractivity contribution in [3.63, 3.8) is 0 Å². The molecule has 1 fully saturated rings. The first-order valence-electron chi connectivity index (χ1n) is 9.57. The summed E-state index contributed by atoms with van der Waals surface area (Å²) >= 11 is 1.51. The molecular formula is C21H21N3O4S2. The van der Waals surface area contributed by atoms with E-state index in [1.165, 1.54) is 36.2 Å². The average molecular weight is 444 g/mol. The number of amides is 1. The van der Waals surface area contributed by atoms with Gasteiger partial charge in [-0.15, -0.1) is 11.8 Å². The molecule has 2 aliphatic rings. The molecule has 30 heavy (non-hydrogen) atoms. The maximum absolute atomic E-state index is 13.0. The number of nitrogens with one attached hydrogen (secondary N) is 1. The Kier molecular flexibility index (Phi) is 5.66. The smallest absolute Gasteiger partial charge is 0.261 e. The van der Waals surface area contributed by atoms with Gasteiger partial charge in [0.25, 0.3) is 10.0 Å². The zero-order valence-electron chi connectivity index (χ0n) is 16.4. The molecule has 9 heteroatoms. The zero-order valence-corrected chi connectivity index (χ0v) is 18.0. The van der Waals surface area contributed by atoms with Gasteiger partial charge >= 0.3 is 0 Å². The third-order valence-electron chi connectivity index (χ3n) is 5.19. The third kappa shape index (κ3) is 3.99. The Balaban J connectivity index is 1.61. The first-order chi connectivity index (χ1) is 14.4. The molecule has 1 saturated heterocycles. The number of likely N-dealkylation sites (tertiary alicyclic amines) is 1. The van der Waals surface area contributed by atoms with Gasteiger partial charge in [0.15, 0.2) is 5.78 Å². The van der Waals surface area contributed by atoms with Crippen LogP contribution >= 0.6 is 11.8 Å². The summed E-state index contributed by atoms with van der Waals surface area (Å²) in [5, 5.41) is 0. The number of hydrogen-bond acceptors (Lipinski definition) is 6. The first-order valence-corrected chi connectivity index (χ1v) is 12.3. The second-order valence-electron chi connectivity index (χ2n) is 7.17. The van der Waals surface area contributed by atoms with Crippen molar-refractivity contribution in [1.29, 1.82) is 0 Å². The van der Waals surface area contributed by atoms with E-state index in [0.29, 0.717) is 24.5 Å². The van der Waals surface area contributed by atoms with Gasteiger partial charge in [-0.3, -0.25) is 19.3 Å². The molecule has 2 aromatic rings. The molecule has 0 bridgehead atoms. The second-order valence-corrected chi connectivity index (χ2v) is 9.73.